The molecule has 0 bridgehead atoms. The predicted octanol–water partition coefficient (Wildman–Crippen LogP) is 2.98. The van der Waals surface area contributed by atoms with Crippen molar-refractivity contribution in [2.45, 2.75) is 57.0 Å². The summed E-state index contributed by atoms with van der Waals surface area (Å²) in [6.45, 7) is 8.16. The fourth-order valence-corrected chi connectivity index (χ4v) is 5.31. The number of rotatable bonds is 6. The Bertz CT molecular complexity index is 1220. The average molecular weight is 446 g/mol. The number of hydrogen-bond donors (Lipinski definition) is 3. The van der Waals surface area contributed by atoms with Gasteiger partial charge < -0.3 is 10.4 Å². The Morgan fingerprint density at radius 2 is 1.94 bits per heavy atom. The molecule has 172 valence electrons. The van der Waals surface area contributed by atoms with E-state index >= 15 is 0 Å². The highest BCUT2D eigenvalue weighted by Crippen LogP contribution is 2.41. The fourth-order valence-electron chi connectivity index (χ4n) is 5.31. The molecule has 8 nitrogen and oxygen atoms in total. The van der Waals surface area contributed by atoms with Crippen molar-refractivity contribution >= 4 is 5.65 Å². The molecular weight excluding hydrogens is 414 g/mol. The minimum Gasteiger partial charge on any atom is -0.389 e. The van der Waals surface area contributed by atoms with Crippen LogP contribution in [0.15, 0.2) is 48.9 Å². The Labute approximate surface area is 193 Å². The van der Waals surface area contributed by atoms with E-state index in [0.29, 0.717) is 12.8 Å². The van der Waals surface area contributed by atoms with E-state index < -0.39 is 5.60 Å². The van der Waals surface area contributed by atoms with Crippen LogP contribution < -0.4 is 5.32 Å². The van der Waals surface area contributed by atoms with Crippen molar-refractivity contribution in [1.82, 2.24) is 35.3 Å². The van der Waals surface area contributed by atoms with E-state index in [1.54, 1.807) is 6.20 Å². The molecule has 0 spiro atoms. The monoisotopic (exact) mass is 445 g/mol. The third kappa shape index (κ3) is 3.73. The van der Waals surface area contributed by atoms with Crippen molar-refractivity contribution in [3.05, 3.63) is 77.0 Å². The molecule has 3 N–H and O–H groups in total. The van der Waals surface area contributed by atoms with Gasteiger partial charge in [-0.05, 0) is 49.5 Å². The van der Waals surface area contributed by atoms with E-state index in [0.717, 1.165) is 47.7 Å². The van der Waals surface area contributed by atoms with E-state index in [1.807, 2.05) is 23.0 Å². The van der Waals surface area contributed by atoms with Crippen molar-refractivity contribution in [1.29, 1.82) is 0 Å². The van der Waals surface area contributed by atoms with Crippen molar-refractivity contribution in [2.24, 2.45) is 0 Å². The molecule has 1 saturated heterocycles. The lowest BCUT2D eigenvalue weighted by Crippen LogP contribution is -2.46. The van der Waals surface area contributed by atoms with Crippen LogP contribution in [0.25, 0.3) is 5.65 Å². The number of nitrogens with zero attached hydrogens (tertiary/aromatic N) is 5. The molecule has 4 heterocycles. The maximum Gasteiger partial charge on any atom is 0.159 e. The van der Waals surface area contributed by atoms with Crippen molar-refractivity contribution in [2.75, 3.05) is 13.1 Å². The Balaban J connectivity index is 1.55. The summed E-state index contributed by atoms with van der Waals surface area (Å²) < 4.78 is 1.87. The number of aryl methyl sites for hydroxylation is 1. The summed E-state index contributed by atoms with van der Waals surface area (Å²) in [5.41, 5.74) is 4.96. The minimum absolute atomic E-state index is 0.236. The molecule has 0 radical (unpaired) electrons. The van der Waals surface area contributed by atoms with E-state index in [4.69, 9.17) is 5.10 Å². The van der Waals surface area contributed by atoms with E-state index in [1.165, 1.54) is 5.56 Å². The normalized spacial score (nSPS) is 17.3. The van der Waals surface area contributed by atoms with Gasteiger partial charge in [-0.25, -0.2) is 9.50 Å². The Morgan fingerprint density at radius 3 is 2.61 bits per heavy atom. The van der Waals surface area contributed by atoms with Crippen molar-refractivity contribution in [3.63, 3.8) is 0 Å². The van der Waals surface area contributed by atoms with Crippen LogP contribution in [0.4, 0.5) is 0 Å². The van der Waals surface area contributed by atoms with Crippen LogP contribution in [-0.2, 0) is 11.8 Å². The molecule has 0 amide bonds. The second-order valence-electron chi connectivity index (χ2n) is 9.49. The van der Waals surface area contributed by atoms with Crippen LogP contribution in [0.5, 0.6) is 0 Å². The van der Waals surface area contributed by atoms with Crippen LogP contribution in [0, 0.1) is 0 Å². The number of aromatic amines is 1. The first-order valence-corrected chi connectivity index (χ1v) is 11.7. The molecule has 8 heteroatoms. The fraction of sp³-hybridized carbons (Fsp3) is 0.440. The third-order valence-corrected chi connectivity index (χ3v) is 7.13. The van der Waals surface area contributed by atoms with Crippen LogP contribution >= 0.6 is 0 Å². The minimum atomic E-state index is -0.860. The van der Waals surface area contributed by atoms with Gasteiger partial charge in [0.05, 0.1) is 29.1 Å². The molecule has 0 saturated carbocycles. The highest BCUT2D eigenvalue weighted by Gasteiger charge is 2.41. The van der Waals surface area contributed by atoms with Gasteiger partial charge in [-0.3, -0.25) is 0 Å². The quantitative estimate of drug-likeness (QED) is 0.422. The van der Waals surface area contributed by atoms with Gasteiger partial charge in [-0.2, -0.15) is 20.5 Å². The number of nitrogens with one attached hydrogen (secondary N) is 2. The second kappa shape index (κ2) is 8.35. The van der Waals surface area contributed by atoms with E-state index in [-0.39, 0.29) is 11.3 Å². The lowest BCUT2D eigenvalue weighted by Gasteiger charge is -2.39. The molecule has 1 aromatic carbocycles. The molecule has 1 atom stereocenters. The largest absolute Gasteiger partial charge is 0.389 e. The first-order chi connectivity index (χ1) is 15.9. The van der Waals surface area contributed by atoms with Gasteiger partial charge in [0, 0.05) is 23.4 Å². The molecule has 0 aliphatic carbocycles. The van der Waals surface area contributed by atoms with Gasteiger partial charge >= 0.3 is 0 Å². The van der Waals surface area contributed by atoms with Gasteiger partial charge in [0.15, 0.2) is 5.65 Å². The Kier molecular flexibility index (Phi) is 5.50. The standard InChI is InChI=1S/C25H31N7O/c1-4-19-22(23-27-12-5-15-32(23)30-19)24(2,3)18-8-6-17(7-9-18)21(20-16-28-31-29-20)25(33)10-13-26-14-11-25/h5-9,12,15-16,21,26,33H,4,10-11,13-14H2,1-3H3,(H,28,29,31). The average Bonchev–Trinajstić information content (AvgIpc) is 3.48. The van der Waals surface area contributed by atoms with E-state index in [9.17, 15) is 5.11 Å². The zero-order valence-electron chi connectivity index (χ0n) is 19.4. The van der Waals surface area contributed by atoms with Gasteiger partial charge in [0.1, 0.15) is 0 Å². The summed E-state index contributed by atoms with van der Waals surface area (Å²) >= 11 is 0. The van der Waals surface area contributed by atoms with E-state index in [2.05, 4.69) is 70.7 Å². The number of aliphatic hydroxyl groups is 1. The molecular formula is C25H31N7O. The summed E-state index contributed by atoms with van der Waals surface area (Å²) in [5, 5.41) is 30.8. The summed E-state index contributed by atoms with van der Waals surface area (Å²) in [6.07, 6.45) is 7.68. The molecule has 1 aliphatic rings. The highest BCUT2D eigenvalue weighted by molar-refractivity contribution is 5.58. The Morgan fingerprint density at radius 1 is 1.18 bits per heavy atom. The van der Waals surface area contributed by atoms with Crippen LogP contribution in [-0.4, -0.2) is 53.8 Å². The maximum absolute atomic E-state index is 11.6. The smallest absolute Gasteiger partial charge is 0.159 e. The van der Waals surface area contributed by atoms with Gasteiger partial charge in [0.25, 0.3) is 0 Å². The van der Waals surface area contributed by atoms with Gasteiger partial charge in [0.2, 0.25) is 0 Å². The van der Waals surface area contributed by atoms with Gasteiger partial charge in [-0.1, -0.05) is 45.0 Å². The zero-order chi connectivity index (χ0) is 23.1. The van der Waals surface area contributed by atoms with Gasteiger partial charge in [-0.15, -0.1) is 0 Å². The third-order valence-electron chi connectivity index (χ3n) is 7.13. The lowest BCUT2D eigenvalue weighted by atomic mass is 9.73. The molecule has 3 aromatic heterocycles. The number of aromatic nitrogens is 6. The first kappa shape index (κ1) is 21.7. The van der Waals surface area contributed by atoms with Crippen LogP contribution in [0.1, 0.15) is 67.6 Å². The molecule has 1 unspecified atom stereocenters. The first-order valence-electron chi connectivity index (χ1n) is 11.7. The zero-order valence-corrected chi connectivity index (χ0v) is 19.4. The number of fused-ring (bicyclic) bond motifs is 1. The molecule has 5 rings (SSSR count). The summed E-state index contributed by atoms with van der Waals surface area (Å²) in [7, 11) is 0. The number of piperidine rings is 1. The number of hydrogen-bond acceptors (Lipinski definition) is 6. The van der Waals surface area contributed by atoms with Crippen molar-refractivity contribution in [3.8, 4) is 0 Å². The van der Waals surface area contributed by atoms with Crippen LogP contribution in [0.3, 0.4) is 0 Å². The number of H-pyrrole nitrogens is 1. The Hall–Kier alpha value is -3.10. The summed E-state index contributed by atoms with van der Waals surface area (Å²) in [4.78, 5) is 4.63. The predicted molar refractivity (Wildman–Crippen MR) is 126 cm³/mol. The topological polar surface area (TPSA) is 104 Å². The second-order valence-corrected chi connectivity index (χ2v) is 9.49. The molecule has 4 aromatic rings. The lowest BCUT2D eigenvalue weighted by molar-refractivity contribution is -0.00591. The SMILES string of the molecule is CCc1nn2cccnc2c1C(C)(C)c1ccc(C(c2cn[nH]n2)C2(O)CCNCC2)cc1. The van der Waals surface area contributed by atoms with Crippen LogP contribution in [0.2, 0.25) is 0 Å². The van der Waals surface area contributed by atoms with Crippen molar-refractivity contribution < 1.29 is 5.11 Å². The molecule has 1 fully saturated rings. The maximum atomic E-state index is 11.6. The number of benzene rings is 1. The summed E-state index contributed by atoms with van der Waals surface area (Å²) in [5.74, 6) is -0.236. The highest BCUT2D eigenvalue weighted by atomic mass is 16.3. The molecule has 1 aliphatic heterocycles. The summed E-state index contributed by atoms with van der Waals surface area (Å²) in [6, 6.07) is 10.5. The molecule has 33 heavy (non-hydrogen) atoms.